The highest BCUT2D eigenvalue weighted by Crippen LogP contribution is 2.25. The number of rotatable bonds is 21. The number of aromatic nitrogens is 2. The Bertz CT molecular complexity index is 2280. The summed E-state index contributed by atoms with van der Waals surface area (Å²) in [6.07, 6.45) is 3.04. The molecule has 5 amide bonds. The Balaban J connectivity index is 1.50. The van der Waals surface area contributed by atoms with Crippen LogP contribution in [0.5, 0.6) is 0 Å². The van der Waals surface area contributed by atoms with Crippen LogP contribution < -0.4 is 22.1 Å². The van der Waals surface area contributed by atoms with E-state index in [0.29, 0.717) is 31.4 Å². The Morgan fingerprint density at radius 1 is 0.721 bits per heavy atom. The third kappa shape index (κ3) is 13.3. The van der Waals surface area contributed by atoms with Crippen LogP contribution in [0.4, 0.5) is 9.59 Å². The molecule has 61 heavy (non-hydrogen) atoms. The van der Waals surface area contributed by atoms with Gasteiger partial charge in [0.15, 0.2) is 5.78 Å². The number of primary amides is 1. The van der Waals surface area contributed by atoms with Gasteiger partial charge in [0.05, 0.1) is 0 Å². The van der Waals surface area contributed by atoms with E-state index in [1.54, 1.807) is 45.3 Å². The van der Waals surface area contributed by atoms with Gasteiger partial charge < -0.3 is 41.5 Å². The maximum absolute atomic E-state index is 15.1. The first-order chi connectivity index (χ1) is 29.2. The lowest BCUT2D eigenvalue weighted by Gasteiger charge is -2.34. The van der Waals surface area contributed by atoms with Gasteiger partial charge in [-0.1, -0.05) is 66.7 Å². The number of ketones is 1. The van der Waals surface area contributed by atoms with Crippen molar-refractivity contribution >= 4 is 57.5 Å². The number of Topliss-reactive ketones (excluding diaryl/α,β-unsaturated/α-hetero) is 1. The standard InChI is InChI=1S/C46H57N7O8/c1-46(2,3)61-45(59)53(39(40(54)22-11-12-23-41(48)55)26-32-28-50-36-20-10-8-18-34(32)36)43(57)37(21-13-14-24-47)51-42(56)38(25-31-27-49-35-19-9-7-17-33(31)35)52-44(58)60-29-30-15-5-4-6-16-30/h4-10,15-20,27-28,37-39,49-50H,11-14,21-26,29,47H2,1-3H3,(H2,48,55)(H,51,56)(H,52,58)/t37-,38-,39-/m0/s1. The number of alkyl carbamates (subject to hydrolysis) is 1. The number of nitrogens with two attached hydrogens (primary N) is 2. The molecule has 0 aliphatic rings. The molecule has 8 N–H and O–H groups in total. The van der Waals surface area contributed by atoms with Crippen molar-refractivity contribution in [3.05, 3.63) is 108 Å². The number of amides is 5. The van der Waals surface area contributed by atoms with Crippen molar-refractivity contribution < 1.29 is 38.2 Å². The van der Waals surface area contributed by atoms with Crippen molar-refractivity contribution in [3.8, 4) is 0 Å². The molecule has 15 heteroatoms. The molecule has 2 aromatic heterocycles. The molecule has 324 valence electrons. The molecular formula is C46H57N7O8. The summed E-state index contributed by atoms with van der Waals surface area (Å²) in [7, 11) is 0. The monoisotopic (exact) mass is 835 g/mol. The van der Waals surface area contributed by atoms with Crippen molar-refractivity contribution in [1.29, 1.82) is 0 Å². The SMILES string of the molecule is CC(C)(C)OC(=O)N(C(=O)[C@H](CCCCN)NC(=O)[C@H](Cc1c[nH]c2ccccc12)NC(=O)OCc1ccccc1)[C@@H](Cc1c[nH]c2ccccc12)C(=O)CCCCC(N)=O. The van der Waals surface area contributed by atoms with E-state index in [9.17, 15) is 24.0 Å². The topological polar surface area (TPSA) is 232 Å². The summed E-state index contributed by atoms with van der Waals surface area (Å²) in [6.45, 7) is 5.19. The number of nitrogens with one attached hydrogen (secondary N) is 4. The minimum atomic E-state index is -1.36. The molecule has 0 unspecified atom stereocenters. The molecule has 5 aromatic rings. The van der Waals surface area contributed by atoms with Gasteiger partial charge in [0.2, 0.25) is 11.8 Å². The fourth-order valence-corrected chi connectivity index (χ4v) is 7.13. The molecule has 5 rings (SSSR count). The third-order valence-electron chi connectivity index (χ3n) is 10.2. The van der Waals surface area contributed by atoms with Gasteiger partial charge in [-0.2, -0.15) is 0 Å². The quantitative estimate of drug-likeness (QED) is 0.0469. The van der Waals surface area contributed by atoms with Crippen LogP contribution in [0, 0.1) is 0 Å². The Morgan fingerprint density at radius 2 is 1.31 bits per heavy atom. The van der Waals surface area contributed by atoms with E-state index in [2.05, 4.69) is 20.6 Å². The van der Waals surface area contributed by atoms with E-state index in [-0.39, 0.29) is 45.1 Å². The van der Waals surface area contributed by atoms with Gasteiger partial charge >= 0.3 is 12.2 Å². The molecule has 3 atom stereocenters. The number of ether oxygens (including phenoxy) is 2. The van der Waals surface area contributed by atoms with Crippen molar-refractivity contribution in [2.75, 3.05) is 6.54 Å². The number of unbranched alkanes of at least 4 members (excludes halogenated alkanes) is 2. The fraction of sp³-hybridized carbons (Fsp3) is 0.391. The van der Waals surface area contributed by atoms with E-state index < -0.39 is 59.4 Å². The van der Waals surface area contributed by atoms with Crippen molar-refractivity contribution in [1.82, 2.24) is 25.5 Å². The van der Waals surface area contributed by atoms with Crippen molar-refractivity contribution in [2.45, 2.75) is 109 Å². The van der Waals surface area contributed by atoms with Gasteiger partial charge in [0, 0.05) is 59.9 Å². The summed E-state index contributed by atoms with van der Waals surface area (Å²) in [5.74, 6) is -2.54. The van der Waals surface area contributed by atoms with Crippen LogP contribution in [0.25, 0.3) is 21.8 Å². The molecule has 0 aliphatic heterocycles. The molecule has 0 radical (unpaired) electrons. The summed E-state index contributed by atoms with van der Waals surface area (Å²) < 4.78 is 11.3. The first-order valence-electron chi connectivity index (χ1n) is 20.7. The summed E-state index contributed by atoms with van der Waals surface area (Å²) in [5.41, 5.74) is 13.9. The molecule has 0 fully saturated rings. The van der Waals surface area contributed by atoms with Crippen LogP contribution >= 0.6 is 0 Å². The fourth-order valence-electron chi connectivity index (χ4n) is 7.13. The van der Waals surface area contributed by atoms with Crippen LogP contribution in [0.15, 0.2) is 91.3 Å². The normalized spacial score (nSPS) is 12.9. The van der Waals surface area contributed by atoms with Crippen LogP contribution in [0.1, 0.15) is 82.4 Å². The minimum absolute atomic E-state index is 0.0166. The van der Waals surface area contributed by atoms with E-state index in [1.165, 1.54) is 0 Å². The number of para-hydroxylation sites is 2. The average molecular weight is 836 g/mol. The van der Waals surface area contributed by atoms with Gasteiger partial charge in [-0.3, -0.25) is 19.2 Å². The zero-order chi connectivity index (χ0) is 43.9. The molecule has 2 heterocycles. The summed E-state index contributed by atoms with van der Waals surface area (Å²) in [4.78, 5) is 90.3. The molecule has 3 aromatic carbocycles. The number of aromatic amines is 2. The molecule has 0 saturated heterocycles. The lowest BCUT2D eigenvalue weighted by Crippen LogP contribution is -2.59. The van der Waals surface area contributed by atoms with E-state index >= 15 is 4.79 Å². The maximum Gasteiger partial charge on any atom is 0.417 e. The highest BCUT2D eigenvalue weighted by atomic mass is 16.6. The van der Waals surface area contributed by atoms with Gasteiger partial charge in [-0.15, -0.1) is 0 Å². The Morgan fingerprint density at radius 3 is 1.92 bits per heavy atom. The van der Waals surface area contributed by atoms with E-state index in [0.717, 1.165) is 37.8 Å². The zero-order valence-electron chi connectivity index (χ0n) is 35.0. The molecule has 0 aliphatic carbocycles. The minimum Gasteiger partial charge on any atom is -0.445 e. The predicted molar refractivity (Wildman–Crippen MR) is 232 cm³/mol. The number of nitrogens with zero attached hydrogens (tertiary/aromatic N) is 1. The van der Waals surface area contributed by atoms with Crippen LogP contribution in [0.2, 0.25) is 0 Å². The first-order valence-corrected chi connectivity index (χ1v) is 20.7. The van der Waals surface area contributed by atoms with E-state index in [4.69, 9.17) is 20.9 Å². The van der Waals surface area contributed by atoms with Crippen molar-refractivity contribution in [3.63, 3.8) is 0 Å². The average Bonchev–Trinajstić information content (AvgIpc) is 3.84. The highest BCUT2D eigenvalue weighted by Gasteiger charge is 2.41. The Labute approximate surface area is 355 Å². The van der Waals surface area contributed by atoms with Gasteiger partial charge in [0.1, 0.15) is 30.3 Å². The zero-order valence-corrected chi connectivity index (χ0v) is 35.0. The predicted octanol–water partition coefficient (Wildman–Crippen LogP) is 6.09. The lowest BCUT2D eigenvalue weighted by molar-refractivity contribution is -0.142. The number of carbonyl (C=O) groups excluding carboxylic acids is 6. The molecule has 0 saturated carbocycles. The molecular weight excluding hydrogens is 779 g/mol. The van der Waals surface area contributed by atoms with Crippen LogP contribution in [0.3, 0.4) is 0 Å². The number of benzene rings is 3. The van der Waals surface area contributed by atoms with Gasteiger partial charge in [0.25, 0.3) is 5.91 Å². The van der Waals surface area contributed by atoms with Gasteiger partial charge in [-0.05, 0) is 88.2 Å². The third-order valence-corrected chi connectivity index (χ3v) is 10.2. The Hall–Kier alpha value is -6.48. The second-order valence-corrected chi connectivity index (χ2v) is 16.1. The second-order valence-electron chi connectivity index (χ2n) is 16.1. The van der Waals surface area contributed by atoms with Crippen LogP contribution in [-0.2, 0) is 48.1 Å². The number of imide groups is 1. The summed E-state index contributed by atoms with van der Waals surface area (Å²) in [6, 6.07) is 20.1. The number of carbonyl (C=O) groups is 6. The molecule has 15 nitrogen and oxygen atoms in total. The van der Waals surface area contributed by atoms with Crippen molar-refractivity contribution in [2.24, 2.45) is 11.5 Å². The summed E-state index contributed by atoms with van der Waals surface area (Å²) in [5, 5.41) is 7.16. The van der Waals surface area contributed by atoms with Crippen LogP contribution in [-0.4, -0.2) is 80.8 Å². The number of fused-ring (bicyclic) bond motifs is 2. The smallest absolute Gasteiger partial charge is 0.417 e. The second kappa shape index (κ2) is 21.7. The molecule has 0 spiro atoms. The largest absolute Gasteiger partial charge is 0.445 e. The number of hydrogen-bond donors (Lipinski definition) is 6. The summed E-state index contributed by atoms with van der Waals surface area (Å²) >= 11 is 0. The first kappa shape index (κ1) is 45.6. The maximum atomic E-state index is 15.1. The number of hydrogen-bond acceptors (Lipinski definition) is 9. The Kier molecular flexibility index (Phi) is 16.2. The van der Waals surface area contributed by atoms with Gasteiger partial charge in [-0.25, -0.2) is 14.5 Å². The molecule has 0 bridgehead atoms. The number of H-pyrrole nitrogens is 2. The van der Waals surface area contributed by atoms with E-state index in [1.807, 2.05) is 66.7 Å². The highest BCUT2D eigenvalue weighted by molar-refractivity contribution is 6.03. The lowest BCUT2D eigenvalue weighted by atomic mass is 9.95.